The molecule has 5 nitrogen and oxygen atoms in total. The van der Waals surface area contributed by atoms with Gasteiger partial charge in [-0.15, -0.1) is 0 Å². The molecule has 0 bridgehead atoms. The molecule has 2 rings (SSSR count). The van der Waals surface area contributed by atoms with Gasteiger partial charge in [-0.25, -0.2) is 4.98 Å². The fourth-order valence-corrected chi connectivity index (χ4v) is 1.45. The zero-order valence-electron chi connectivity index (χ0n) is 9.49. The van der Waals surface area contributed by atoms with Crippen molar-refractivity contribution in [3.05, 3.63) is 23.4 Å². The fraction of sp³-hybridized carbons (Fsp3) is 0.455. The summed E-state index contributed by atoms with van der Waals surface area (Å²) in [5.41, 5.74) is 2.66. The van der Waals surface area contributed by atoms with E-state index in [1.54, 1.807) is 7.11 Å². The number of carboxylic acid groups (broad SMARTS) is 1. The van der Waals surface area contributed by atoms with Gasteiger partial charge in [0.25, 0.3) is 5.97 Å². The minimum absolute atomic E-state index is 0.718. The summed E-state index contributed by atoms with van der Waals surface area (Å²) in [4.78, 5) is 13.1. The van der Waals surface area contributed by atoms with Crippen LogP contribution in [0.25, 0.3) is 0 Å². The average Bonchev–Trinajstić information content (AvgIpc) is 2.27. The molecule has 0 spiro atoms. The average molecular weight is 224 g/mol. The number of fused-ring (bicyclic) bond motifs is 1. The zero-order valence-corrected chi connectivity index (χ0v) is 9.49. The number of aromatic nitrogens is 1. The molecule has 0 fully saturated rings. The maximum absolute atomic E-state index is 9.00. The second-order valence-electron chi connectivity index (χ2n) is 3.44. The Morgan fingerprint density at radius 2 is 2.25 bits per heavy atom. The molecule has 0 unspecified atom stereocenters. The number of pyridine rings is 1. The highest BCUT2D eigenvalue weighted by molar-refractivity contribution is 5.62. The SMILES string of the molecule is CC(=O)O.COc1cc2c(cn1)CNCC2. The third-order valence-electron chi connectivity index (χ3n) is 2.15. The van der Waals surface area contributed by atoms with E-state index in [-0.39, 0.29) is 0 Å². The molecule has 1 aromatic heterocycles. The van der Waals surface area contributed by atoms with E-state index in [1.807, 2.05) is 12.3 Å². The molecule has 2 heterocycles. The molecular weight excluding hydrogens is 208 g/mol. The van der Waals surface area contributed by atoms with Crippen molar-refractivity contribution >= 4 is 5.97 Å². The molecule has 0 radical (unpaired) electrons. The van der Waals surface area contributed by atoms with E-state index < -0.39 is 5.97 Å². The largest absolute Gasteiger partial charge is 0.481 e. The molecule has 1 aromatic rings. The lowest BCUT2D eigenvalue weighted by Gasteiger charge is -2.16. The van der Waals surface area contributed by atoms with Gasteiger partial charge >= 0.3 is 0 Å². The van der Waals surface area contributed by atoms with Crippen LogP contribution in [0, 0.1) is 0 Å². The van der Waals surface area contributed by atoms with Crippen LogP contribution in [-0.4, -0.2) is 29.7 Å². The Labute approximate surface area is 94.5 Å². The predicted octanol–water partition coefficient (Wildman–Crippen LogP) is 0.827. The van der Waals surface area contributed by atoms with Crippen LogP contribution in [0.3, 0.4) is 0 Å². The second kappa shape index (κ2) is 6.07. The molecule has 2 N–H and O–H groups in total. The third kappa shape index (κ3) is 3.86. The van der Waals surface area contributed by atoms with Gasteiger partial charge in [-0.1, -0.05) is 0 Å². The summed E-state index contributed by atoms with van der Waals surface area (Å²) in [5, 5.41) is 10.7. The van der Waals surface area contributed by atoms with Gasteiger partial charge in [0.05, 0.1) is 7.11 Å². The maximum atomic E-state index is 9.00. The van der Waals surface area contributed by atoms with Gasteiger partial charge < -0.3 is 15.2 Å². The first-order valence-electron chi connectivity index (χ1n) is 5.05. The lowest BCUT2D eigenvalue weighted by Crippen LogP contribution is -2.23. The van der Waals surface area contributed by atoms with Crippen molar-refractivity contribution in [2.45, 2.75) is 19.9 Å². The molecule has 88 valence electrons. The van der Waals surface area contributed by atoms with Gasteiger partial charge in [-0.05, 0) is 24.1 Å². The third-order valence-corrected chi connectivity index (χ3v) is 2.15. The van der Waals surface area contributed by atoms with E-state index in [1.165, 1.54) is 11.1 Å². The van der Waals surface area contributed by atoms with Gasteiger partial charge in [0.2, 0.25) is 5.88 Å². The number of ether oxygens (including phenoxy) is 1. The van der Waals surface area contributed by atoms with E-state index in [4.69, 9.17) is 14.6 Å². The zero-order chi connectivity index (χ0) is 12.0. The van der Waals surface area contributed by atoms with Crippen molar-refractivity contribution in [3.8, 4) is 5.88 Å². The van der Waals surface area contributed by atoms with Crippen LogP contribution in [0.5, 0.6) is 5.88 Å². The van der Waals surface area contributed by atoms with Crippen LogP contribution < -0.4 is 10.1 Å². The second-order valence-corrected chi connectivity index (χ2v) is 3.44. The molecule has 0 amide bonds. The van der Waals surface area contributed by atoms with Crippen molar-refractivity contribution in [2.75, 3.05) is 13.7 Å². The van der Waals surface area contributed by atoms with Crippen molar-refractivity contribution in [3.63, 3.8) is 0 Å². The highest BCUT2D eigenvalue weighted by atomic mass is 16.5. The summed E-state index contributed by atoms with van der Waals surface area (Å²) in [6.07, 6.45) is 2.97. The fourth-order valence-electron chi connectivity index (χ4n) is 1.45. The standard InChI is InChI=1S/C9H12N2O.C2H4O2/c1-12-9-4-7-2-3-10-5-8(7)6-11-9;1-2(3)4/h4,6,10H,2-3,5H2,1H3;1H3,(H,3,4). The number of rotatable bonds is 1. The summed E-state index contributed by atoms with van der Waals surface area (Å²) >= 11 is 0. The first-order chi connectivity index (χ1) is 7.63. The topological polar surface area (TPSA) is 71.5 Å². The summed E-state index contributed by atoms with van der Waals surface area (Å²) in [6.45, 7) is 3.08. The molecule has 0 atom stereocenters. The number of methoxy groups -OCH3 is 1. The summed E-state index contributed by atoms with van der Waals surface area (Å²) in [7, 11) is 1.65. The number of nitrogens with one attached hydrogen (secondary N) is 1. The van der Waals surface area contributed by atoms with Crippen LogP contribution in [-0.2, 0) is 17.8 Å². The first kappa shape index (κ1) is 12.4. The monoisotopic (exact) mass is 224 g/mol. The van der Waals surface area contributed by atoms with Gasteiger partial charge in [0.15, 0.2) is 0 Å². The van der Waals surface area contributed by atoms with Crippen LogP contribution in [0.2, 0.25) is 0 Å². The Hall–Kier alpha value is -1.62. The Morgan fingerprint density at radius 3 is 2.88 bits per heavy atom. The van der Waals surface area contributed by atoms with E-state index in [9.17, 15) is 0 Å². The number of carboxylic acids is 1. The Balaban J connectivity index is 0.000000280. The molecule has 0 aliphatic carbocycles. The van der Waals surface area contributed by atoms with E-state index in [0.717, 1.165) is 32.3 Å². The summed E-state index contributed by atoms with van der Waals surface area (Å²) in [5.74, 6) is -0.115. The number of nitrogens with zero attached hydrogens (tertiary/aromatic N) is 1. The van der Waals surface area contributed by atoms with Crippen molar-refractivity contribution < 1.29 is 14.6 Å². The van der Waals surface area contributed by atoms with E-state index in [2.05, 4.69) is 10.3 Å². The highest BCUT2D eigenvalue weighted by Gasteiger charge is 2.09. The molecule has 1 aliphatic heterocycles. The van der Waals surface area contributed by atoms with E-state index >= 15 is 0 Å². The molecule has 1 aliphatic rings. The smallest absolute Gasteiger partial charge is 0.300 e. The van der Waals surface area contributed by atoms with Crippen molar-refractivity contribution in [1.82, 2.24) is 10.3 Å². The molecule has 5 heteroatoms. The first-order valence-corrected chi connectivity index (χ1v) is 5.05. The minimum Gasteiger partial charge on any atom is -0.481 e. The number of aliphatic carboxylic acids is 1. The maximum Gasteiger partial charge on any atom is 0.300 e. The Bertz CT molecular complexity index is 362. The lowest BCUT2D eigenvalue weighted by atomic mass is 10.0. The highest BCUT2D eigenvalue weighted by Crippen LogP contribution is 2.16. The van der Waals surface area contributed by atoms with Gasteiger partial charge in [-0.3, -0.25) is 4.79 Å². The van der Waals surface area contributed by atoms with Crippen LogP contribution in [0.15, 0.2) is 12.3 Å². The lowest BCUT2D eigenvalue weighted by molar-refractivity contribution is -0.134. The van der Waals surface area contributed by atoms with Crippen LogP contribution >= 0.6 is 0 Å². The predicted molar refractivity (Wildman–Crippen MR) is 59.5 cm³/mol. The van der Waals surface area contributed by atoms with Gasteiger partial charge in [0.1, 0.15) is 0 Å². The number of hydrogen-bond acceptors (Lipinski definition) is 4. The van der Waals surface area contributed by atoms with Crippen LogP contribution in [0.4, 0.5) is 0 Å². The Morgan fingerprint density at radius 1 is 1.56 bits per heavy atom. The molecule has 0 saturated carbocycles. The number of hydrogen-bond donors (Lipinski definition) is 2. The summed E-state index contributed by atoms with van der Waals surface area (Å²) < 4.78 is 5.05. The molecule has 0 aromatic carbocycles. The number of carbonyl (C=O) groups is 1. The van der Waals surface area contributed by atoms with Crippen molar-refractivity contribution in [2.24, 2.45) is 0 Å². The van der Waals surface area contributed by atoms with E-state index in [0.29, 0.717) is 0 Å². The van der Waals surface area contributed by atoms with Crippen LogP contribution in [0.1, 0.15) is 18.1 Å². The summed E-state index contributed by atoms with van der Waals surface area (Å²) in [6, 6.07) is 2.02. The van der Waals surface area contributed by atoms with Gasteiger partial charge in [0, 0.05) is 25.7 Å². The quantitative estimate of drug-likeness (QED) is 0.739. The Kier molecular flexibility index (Phi) is 4.72. The normalized spacial score (nSPS) is 13.1. The molecular formula is C11H16N2O3. The molecule has 16 heavy (non-hydrogen) atoms. The van der Waals surface area contributed by atoms with Crippen molar-refractivity contribution in [1.29, 1.82) is 0 Å². The molecule has 0 saturated heterocycles. The van der Waals surface area contributed by atoms with Gasteiger partial charge in [-0.2, -0.15) is 0 Å². The minimum atomic E-state index is -0.833.